The van der Waals surface area contributed by atoms with Crippen LogP contribution in [0.5, 0.6) is 0 Å². The van der Waals surface area contributed by atoms with Crippen molar-refractivity contribution in [3.05, 3.63) is 0 Å². The number of halogens is 3. The monoisotopic (exact) mass is 251 g/mol. The van der Waals surface area contributed by atoms with Gasteiger partial charge < -0.3 is 10.1 Å². The molecule has 0 saturated heterocycles. The minimum absolute atomic E-state index is 0.517. The van der Waals surface area contributed by atoms with Crippen molar-refractivity contribution < 1.29 is 17.9 Å². The second-order valence-corrected chi connectivity index (χ2v) is 5.30. The summed E-state index contributed by atoms with van der Waals surface area (Å²) in [6.07, 6.45) is 2.65. The van der Waals surface area contributed by atoms with E-state index in [9.17, 15) is 13.2 Å². The molecule has 2 aliphatic rings. The molecule has 0 radical (unpaired) electrons. The molecular formula is C12H20F3NO. The highest BCUT2D eigenvalue weighted by atomic mass is 19.4. The Morgan fingerprint density at radius 3 is 2.29 bits per heavy atom. The van der Waals surface area contributed by atoms with Crippen molar-refractivity contribution in [3.8, 4) is 0 Å². The lowest BCUT2D eigenvalue weighted by atomic mass is 9.84. The van der Waals surface area contributed by atoms with Gasteiger partial charge in [0, 0.05) is 12.6 Å². The summed E-state index contributed by atoms with van der Waals surface area (Å²) < 4.78 is 42.0. The number of alkyl halides is 3. The second kappa shape index (κ2) is 5.14. The molecule has 2 saturated carbocycles. The van der Waals surface area contributed by atoms with Gasteiger partial charge in [-0.25, -0.2) is 0 Å². The third kappa shape index (κ3) is 4.47. The first-order valence-corrected chi connectivity index (χ1v) is 6.43. The summed E-state index contributed by atoms with van der Waals surface area (Å²) in [5, 5.41) is 3.31. The summed E-state index contributed by atoms with van der Waals surface area (Å²) in [6.45, 7) is -0.535. The lowest BCUT2D eigenvalue weighted by Gasteiger charge is -2.37. The standard InChI is InChI=1S/C12H20F3NO/c13-12(14,15)9-17-11(6-2-1-3-7-11)8-16-10-4-5-10/h10,16H,1-9H2. The first-order valence-electron chi connectivity index (χ1n) is 6.43. The summed E-state index contributed by atoms with van der Waals surface area (Å²) in [5.41, 5.74) is -0.573. The zero-order valence-corrected chi connectivity index (χ0v) is 9.98. The van der Waals surface area contributed by atoms with Crippen LogP contribution in [0, 0.1) is 0 Å². The predicted octanol–water partition coefficient (Wildman–Crippen LogP) is 3.02. The highest BCUT2D eigenvalue weighted by Crippen LogP contribution is 2.33. The Morgan fingerprint density at radius 1 is 1.12 bits per heavy atom. The van der Waals surface area contributed by atoms with E-state index in [0.29, 0.717) is 12.6 Å². The normalized spacial score (nSPS) is 24.9. The Hall–Kier alpha value is -0.290. The van der Waals surface area contributed by atoms with E-state index < -0.39 is 18.4 Å². The first kappa shape index (κ1) is 13.1. The lowest BCUT2D eigenvalue weighted by Crippen LogP contribution is -2.47. The SMILES string of the molecule is FC(F)(F)COC1(CNC2CC2)CCCCC1. The molecule has 0 amide bonds. The Morgan fingerprint density at radius 2 is 1.76 bits per heavy atom. The average Bonchev–Trinajstić information content (AvgIpc) is 3.08. The van der Waals surface area contributed by atoms with Crippen molar-refractivity contribution in [2.24, 2.45) is 0 Å². The van der Waals surface area contributed by atoms with Crippen LogP contribution in [0.1, 0.15) is 44.9 Å². The maximum atomic E-state index is 12.2. The van der Waals surface area contributed by atoms with Crippen LogP contribution < -0.4 is 5.32 Å². The minimum Gasteiger partial charge on any atom is -0.364 e. The highest BCUT2D eigenvalue weighted by Gasteiger charge is 2.39. The van der Waals surface area contributed by atoms with E-state index in [1.54, 1.807) is 0 Å². The molecule has 0 spiro atoms. The quantitative estimate of drug-likeness (QED) is 0.811. The molecule has 0 atom stereocenters. The highest BCUT2D eigenvalue weighted by molar-refractivity contribution is 4.91. The van der Waals surface area contributed by atoms with Crippen LogP contribution >= 0.6 is 0 Å². The molecule has 1 N–H and O–H groups in total. The van der Waals surface area contributed by atoms with Crippen LogP contribution in [0.2, 0.25) is 0 Å². The molecule has 0 bridgehead atoms. The van der Waals surface area contributed by atoms with E-state index in [1.807, 2.05) is 0 Å². The van der Waals surface area contributed by atoms with Gasteiger partial charge in [-0.15, -0.1) is 0 Å². The summed E-state index contributed by atoms with van der Waals surface area (Å²) in [4.78, 5) is 0. The summed E-state index contributed by atoms with van der Waals surface area (Å²) >= 11 is 0. The van der Waals surface area contributed by atoms with Gasteiger partial charge in [0.1, 0.15) is 6.61 Å². The number of ether oxygens (including phenoxy) is 1. The third-order valence-electron chi connectivity index (χ3n) is 3.60. The van der Waals surface area contributed by atoms with Gasteiger partial charge in [0.15, 0.2) is 0 Å². The second-order valence-electron chi connectivity index (χ2n) is 5.30. The Bertz CT molecular complexity index is 245. The van der Waals surface area contributed by atoms with Gasteiger partial charge in [0.05, 0.1) is 5.60 Å². The number of rotatable bonds is 5. The van der Waals surface area contributed by atoms with Crippen molar-refractivity contribution >= 4 is 0 Å². The van der Waals surface area contributed by atoms with E-state index in [1.165, 1.54) is 0 Å². The van der Waals surface area contributed by atoms with Crippen LogP contribution in [-0.2, 0) is 4.74 Å². The van der Waals surface area contributed by atoms with Crippen molar-refractivity contribution in [1.29, 1.82) is 0 Å². The number of nitrogens with one attached hydrogen (secondary N) is 1. The maximum Gasteiger partial charge on any atom is 0.411 e. The summed E-state index contributed by atoms with van der Waals surface area (Å²) in [7, 11) is 0. The summed E-state index contributed by atoms with van der Waals surface area (Å²) in [5.74, 6) is 0. The summed E-state index contributed by atoms with van der Waals surface area (Å²) in [6, 6.07) is 0.517. The van der Waals surface area contributed by atoms with Crippen molar-refractivity contribution in [3.63, 3.8) is 0 Å². The molecule has 2 rings (SSSR count). The van der Waals surface area contributed by atoms with Gasteiger partial charge in [-0.3, -0.25) is 0 Å². The van der Waals surface area contributed by atoms with Gasteiger partial charge in [-0.1, -0.05) is 19.3 Å². The zero-order chi connectivity index (χ0) is 12.4. The van der Waals surface area contributed by atoms with E-state index >= 15 is 0 Å². The molecule has 0 aromatic carbocycles. The molecule has 100 valence electrons. The molecule has 2 nitrogen and oxygen atoms in total. The van der Waals surface area contributed by atoms with Crippen LogP contribution in [0.3, 0.4) is 0 Å². The van der Waals surface area contributed by atoms with E-state index in [2.05, 4.69) is 5.32 Å². The van der Waals surface area contributed by atoms with E-state index in [4.69, 9.17) is 4.74 Å². The van der Waals surface area contributed by atoms with Crippen LogP contribution in [0.15, 0.2) is 0 Å². The van der Waals surface area contributed by atoms with Crippen LogP contribution in [-0.4, -0.2) is 31.0 Å². The van der Waals surface area contributed by atoms with Gasteiger partial charge >= 0.3 is 6.18 Å². The molecule has 0 aromatic rings. The molecule has 0 heterocycles. The van der Waals surface area contributed by atoms with Gasteiger partial charge in [0.25, 0.3) is 0 Å². The first-order chi connectivity index (χ1) is 7.99. The number of hydrogen-bond donors (Lipinski definition) is 1. The zero-order valence-electron chi connectivity index (χ0n) is 9.98. The fraction of sp³-hybridized carbons (Fsp3) is 1.00. The molecule has 0 aromatic heterocycles. The molecule has 2 aliphatic carbocycles. The third-order valence-corrected chi connectivity index (χ3v) is 3.60. The molecule has 5 heteroatoms. The Labute approximate surface area is 99.9 Å². The topological polar surface area (TPSA) is 21.3 Å². The van der Waals surface area contributed by atoms with Crippen LogP contribution in [0.25, 0.3) is 0 Å². The van der Waals surface area contributed by atoms with Crippen molar-refractivity contribution in [2.45, 2.75) is 62.8 Å². The predicted molar refractivity (Wildman–Crippen MR) is 58.8 cm³/mol. The fourth-order valence-electron chi connectivity index (χ4n) is 2.42. The average molecular weight is 251 g/mol. The molecule has 2 fully saturated rings. The number of hydrogen-bond acceptors (Lipinski definition) is 2. The Kier molecular flexibility index (Phi) is 3.98. The van der Waals surface area contributed by atoms with Gasteiger partial charge in [-0.2, -0.15) is 13.2 Å². The lowest BCUT2D eigenvalue weighted by molar-refractivity contribution is -0.210. The maximum absolute atomic E-state index is 12.2. The van der Waals surface area contributed by atoms with E-state index in [0.717, 1.165) is 44.9 Å². The smallest absolute Gasteiger partial charge is 0.364 e. The van der Waals surface area contributed by atoms with Gasteiger partial charge in [-0.05, 0) is 25.7 Å². The van der Waals surface area contributed by atoms with Crippen molar-refractivity contribution in [2.75, 3.05) is 13.2 Å². The molecule has 0 unspecified atom stereocenters. The van der Waals surface area contributed by atoms with E-state index in [-0.39, 0.29) is 0 Å². The van der Waals surface area contributed by atoms with Gasteiger partial charge in [0.2, 0.25) is 0 Å². The minimum atomic E-state index is -4.22. The molecule has 17 heavy (non-hydrogen) atoms. The Balaban J connectivity index is 1.85. The largest absolute Gasteiger partial charge is 0.411 e. The fourth-order valence-corrected chi connectivity index (χ4v) is 2.42. The van der Waals surface area contributed by atoms with Crippen molar-refractivity contribution in [1.82, 2.24) is 5.32 Å². The molecular weight excluding hydrogens is 231 g/mol. The molecule has 0 aliphatic heterocycles. The van der Waals surface area contributed by atoms with Crippen LogP contribution in [0.4, 0.5) is 13.2 Å².